The third-order valence-electron chi connectivity index (χ3n) is 5.07. The zero-order valence-corrected chi connectivity index (χ0v) is 18.1. The third kappa shape index (κ3) is 4.14. The van der Waals surface area contributed by atoms with Crippen molar-refractivity contribution in [1.29, 1.82) is 0 Å². The summed E-state index contributed by atoms with van der Waals surface area (Å²) < 4.78 is 9.21. The van der Waals surface area contributed by atoms with Crippen LogP contribution in [0.15, 0.2) is 37.2 Å². The van der Waals surface area contributed by atoms with Gasteiger partial charge in [-0.15, -0.1) is 0 Å². The smallest absolute Gasteiger partial charge is 0.253 e. The van der Waals surface area contributed by atoms with E-state index >= 15 is 0 Å². The second-order valence-corrected chi connectivity index (χ2v) is 7.27. The lowest BCUT2D eigenvalue weighted by Gasteiger charge is -2.18. The number of fused-ring (bicyclic) bond motifs is 2. The van der Waals surface area contributed by atoms with E-state index in [1.54, 1.807) is 46.3 Å². The summed E-state index contributed by atoms with van der Waals surface area (Å²) in [5.74, 6) is -0.562. The number of aromatic nitrogens is 6. The first kappa shape index (κ1) is 21.4. The van der Waals surface area contributed by atoms with Crippen LogP contribution in [-0.2, 0) is 18.8 Å². The van der Waals surface area contributed by atoms with Crippen LogP contribution in [0.4, 0.5) is 0 Å². The number of hydrogen-bond acceptors (Lipinski definition) is 7. The number of carbonyl (C=O) groups is 2. The fourth-order valence-electron chi connectivity index (χ4n) is 3.45. The zero-order valence-electron chi connectivity index (χ0n) is 18.1. The number of carbonyl (C=O) groups excluding carboxylic acids is 2. The number of pyridine rings is 2. The van der Waals surface area contributed by atoms with Gasteiger partial charge in [0.1, 0.15) is 11.0 Å². The molecule has 0 saturated heterocycles. The molecule has 0 saturated carbocycles. The topological polar surface area (TPSA) is 129 Å². The molecule has 0 atom stereocenters. The summed E-state index contributed by atoms with van der Waals surface area (Å²) in [4.78, 5) is 42.5. The maximum absolute atomic E-state index is 12.7. The number of nitrogens with one attached hydrogen (secondary N) is 2. The predicted molar refractivity (Wildman–Crippen MR) is 117 cm³/mol. The van der Waals surface area contributed by atoms with E-state index in [2.05, 4.69) is 30.6 Å². The van der Waals surface area contributed by atoms with Crippen LogP contribution in [0.3, 0.4) is 0 Å². The number of ether oxygens (including phenoxy) is 1. The SMILES string of the molecule is CCOC(CNC(=O)c1ccnc2c1ncn2C)CNC(=O)c1ccnc2c1ncn2C. The largest absolute Gasteiger partial charge is 0.375 e. The molecule has 0 fully saturated rings. The second-order valence-electron chi connectivity index (χ2n) is 7.27. The fraction of sp³-hybridized carbons (Fsp3) is 0.333. The molecular weight excluding hydrogens is 412 g/mol. The molecule has 2 N–H and O–H groups in total. The van der Waals surface area contributed by atoms with E-state index in [4.69, 9.17) is 4.74 Å². The van der Waals surface area contributed by atoms with E-state index in [1.807, 2.05) is 21.0 Å². The van der Waals surface area contributed by atoms with Crippen molar-refractivity contribution in [2.24, 2.45) is 14.1 Å². The van der Waals surface area contributed by atoms with Crippen LogP contribution < -0.4 is 10.6 Å². The summed E-state index contributed by atoms with van der Waals surface area (Å²) in [5.41, 5.74) is 3.19. The highest BCUT2D eigenvalue weighted by atomic mass is 16.5. The number of aryl methyl sites for hydroxylation is 2. The van der Waals surface area contributed by atoms with E-state index in [-0.39, 0.29) is 24.9 Å². The molecule has 0 aliphatic carbocycles. The summed E-state index contributed by atoms with van der Waals surface area (Å²) in [6, 6.07) is 3.26. The van der Waals surface area contributed by atoms with Crippen molar-refractivity contribution in [2.75, 3.05) is 19.7 Å². The van der Waals surface area contributed by atoms with Gasteiger partial charge in [-0.3, -0.25) is 9.59 Å². The van der Waals surface area contributed by atoms with Gasteiger partial charge in [0.2, 0.25) is 0 Å². The monoisotopic (exact) mass is 436 g/mol. The van der Waals surface area contributed by atoms with Gasteiger partial charge in [-0.1, -0.05) is 0 Å². The van der Waals surface area contributed by atoms with E-state index in [9.17, 15) is 9.59 Å². The Morgan fingerprint density at radius 2 is 1.34 bits per heavy atom. The minimum Gasteiger partial charge on any atom is -0.375 e. The fourth-order valence-corrected chi connectivity index (χ4v) is 3.45. The van der Waals surface area contributed by atoms with Crippen molar-refractivity contribution in [1.82, 2.24) is 39.7 Å². The Balaban J connectivity index is 1.40. The quantitative estimate of drug-likeness (QED) is 0.418. The Morgan fingerprint density at radius 3 is 1.78 bits per heavy atom. The van der Waals surface area contributed by atoms with Crippen molar-refractivity contribution >= 4 is 34.1 Å². The minimum absolute atomic E-state index is 0.221. The molecule has 4 heterocycles. The van der Waals surface area contributed by atoms with E-state index in [0.717, 1.165) is 0 Å². The van der Waals surface area contributed by atoms with Crippen LogP contribution in [0, 0.1) is 0 Å². The lowest BCUT2D eigenvalue weighted by Crippen LogP contribution is -2.41. The number of rotatable bonds is 8. The highest BCUT2D eigenvalue weighted by Gasteiger charge is 2.18. The third-order valence-corrected chi connectivity index (χ3v) is 5.07. The minimum atomic E-state index is -0.407. The summed E-state index contributed by atoms with van der Waals surface area (Å²) in [6.07, 6.45) is 5.98. The van der Waals surface area contributed by atoms with E-state index in [0.29, 0.717) is 40.1 Å². The Kier molecular flexibility index (Phi) is 6.08. The van der Waals surface area contributed by atoms with Crippen LogP contribution in [-0.4, -0.2) is 66.7 Å². The Hall–Kier alpha value is -3.86. The van der Waals surface area contributed by atoms with Gasteiger partial charge in [0.25, 0.3) is 11.8 Å². The number of nitrogens with zero attached hydrogens (tertiary/aromatic N) is 6. The first-order valence-electron chi connectivity index (χ1n) is 10.2. The number of hydrogen-bond donors (Lipinski definition) is 2. The maximum Gasteiger partial charge on any atom is 0.253 e. The second kappa shape index (κ2) is 9.10. The molecule has 32 heavy (non-hydrogen) atoms. The van der Waals surface area contributed by atoms with Gasteiger partial charge >= 0.3 is 0 Å². The Bertz CT molecular complexity index is 1180. The highest BCUT2D eigenvalue weighted by molar-refractivity contribution is 6.04. The lowest BCUT2D eigenvalue weighted by molar-refractivity contribution is 0.0565. The first-order valence-corrected chi connectivity index (χ1v) is 10.2. The van der Waals surface area contributed by atoms with Gasteiger partial charge in [-0.05, 0) is 19.1 Å². The maximum atomic E-state index is 12.7. The first-order chi connectivity index (χ1) is 15.5. The van der Waals surface area contributed by atoms with Crippen molar-refractivity contribution in [2.45, 2.75) is 13.0 Å². The van der Waals surface area contributed by atoms with Gasteiger partial charge in [0.15, 0.2) is 11.3 Å². The van der Waals surface area contributed by atoms with Crippen LogP contribution in [0.2, 0.25) is 0 Å². The average Bonchev–Trinajstić information content (AvgIpc) is 3.38. The molecule has 0 radical (unpaired) electrons. The molecule has 4 aromatic heterocycles. The molecule has 166 valence electrons. The van der Waals surface area contributed by atoms with Crippen LogP contribution >= 0.6 is 0 Å². The molecule has 0 aromatic carbocycles. The highest BCUT2D eigenvalue weighted by Crippen LogP contribution is 2.15. The molecule has 4 rings (SSSR count). The standard InChI is InChI=1S/C21H24N8O3/c1-4-32-13(9-24-20(30)14-5-7-22-18-16(14)26-11-28(18)2)10-25-21(31)15-6-8-23-19-17(15)27-12-29(19)3/h5-8,11-13H,4,9-10H2,1-3H3,(H,24,30)(H,25,31). The van der Waals surface area contributed by atoms with Crippen molar-refractivity contribution in [3.63, 3.8) is 0 Å². The molecule has 0 aliphatic heterocycles. The molecule has 0 spiro atoms. The normalized spacial score (nSPS) is 11.4. The van der Waals surface area contributed by atoms with Crippen LogP contribution in [0.1, 0.15) is 27.6 Å². The Morgan fingerprint density at radius 1 is 0.875 bits per heavy atom. The summed E-state index contributed by atoms with van der Waals surface area (Å²) in [6.45, 7) is 2.74. The summed E-state index contributed by atoms with van der Waals surface area (Å²) in [7, 11) is 3.64. The molecule has 0 aliphatic rings. The molecular formula is C21H24N8O3. The van der Waals surface area contributed by atoms with Crippen LogP contribution in [0.25, 0.3) is 22.3 Å². The van der Waals surface area contributed by atoms with Gasteiger partial charge < -0.3 is 24.5 Å². The molecule has 4 aromatic rings. The Labute approximate surface area is 183 Å². The average molecular weight is 436 g/mol. The van der Waals surface area contributed by atoms with Crippen molar-refractivity contribution < 1.29 is 14.3 Å². The lowest BCUT2D eigenvalue weighted by atomic mass is 10.2. The molecule has 0 unspecified atom stereocenters. The van der Waals surface area contributed by atoms with Gasteiger partial charge in [0.05, 0.1) is 29.9 Å². The van der Waals surface area contributed by atoms with Crippen LogP contribution in [0.5, 0.6) is 0 Å². The van der Waals surface area contributed by atoms with Gasteiger partial charge in [-0.25, -0.2) is 19.9 Å². The van der Waals surface area contributed by atoms with Gasteiger partial charge in [0, 0.05) is 46.2 Å². The van der Waals surface area contributed by atoms with E-state index < -0.39 is 6.10 Å². The molecule has 0 bridgehead atoms. The van der Waals surface area contributed by atoms with Crippen molar-refractivity contribution in [3.8, 4) is 0 Å². The van der Waals surface area contributed by atoms with Crippen molar-refractivity contribution in [3.05, 3.63) is 48.3 Å². The zero-order chi connectivity index (χ0) is 22.7. The summed E-state index contributed by atoms with van der Waals surface area (Å²) in [5, 5.41) is 5.73. The molecule has 2 amide bonds. The molecule has 11 heteroatoms. The number of amides is 2. The van der Waals surface area contributed by atoms with E-state index in [1.165, 1.54) is 0 Å². The predicted octanol–water partition coefficient (Wildman–Crippen LogP) is 0.815. The summed E-state index contributed by atoms with van der Waals surface area (Å²) >= 11 is 0. The molecule has 11 nitrogen and oxygen atoms in total. The van der Waals surface area contributed by atoms with Gasteiger partial charge in [-0.2, -0.15) is 0 Å². The number of imidazole rings is 2.